The van der Waals surface area contributed by atoms with Crippen molar-refractivity contribution in [3.8, 4) is 0 Å². The van der Waals surface area contributed by atoms with E-state index in [2.05, 4.69) is 26.6 Å². The van der Waals surface area contributed by atoms with Crippen molar-refractivity contribution in [2.24, 2.45) is 0 Å². The van der Waals surface area contributed by atoms with Gasteiger partial charge in [-0.25, -0.2) is 0 Å². The maximum absolute atomic E-state index is 10.9. The third kappa shape index (κ3) is 3.20. The third-order valence-electron chi connectivity index (χ3n) is 1.65. The molecule has 2 N–H and O–H groups in total. The second-order valence-electron chi connectivity index (χ2n) is 2.65. The lowest BCUT2D eigenvalue weighted by molar-refractivity contribution is -0.118. The molecule has 0 unspecified atom stereocenters. The highest BCUT2D eigenvalue weighted by Gasteiger charge is 2.02. The smallest absolute Gasteiger partial charge is 0.239 e. The first-order valence-electron chi connectivity index (χ1n) is 4.03. The van der Waals surface area contributed by atoms with Crippen LogP contribution in [0, 0.1) is 0 Å². The van der Waals surface area contributed by atoms with Crippen molar-refractivity contribution in [1.82, 2.24) is 5.32 Å². The summed E-state index contributed by atoms with van der Waals surface area (Å²) in [7, 11) is 1.59. The van der Waals surface area contributed by atoms with Gasteiger partial charge in [0.15, 0.2) is 0 Å². The van der Waals surface area contributed by atoms with Crippen LogP contribution in [-0.4, -0.2) is 19.5 Å². The summed E-state index contributed by atoms with van der Waals surface area (Å²) in [6, 6.07) is 5.45. The zero-order valence-corrected chi connectivity index (χ0v) is 9.95. The summed E-state index contributed by atoms with van der Waals surface area (Å²) < 4.78 is 0.910. The summed E-state index contributed by atoms with van der Waals surface area (Å²) in [6.45, 7) is 0.220. The highest BCUT2D eigenvalue weighted by molar-refractivity contribution is 9.10. The summed E-state index contributed by atoms with van der Waals surface area (Å²) in [5.41, 5.74) is 0.749. The molecule has 0 aliphatic carbocycles. The van der Waals surface area contributed by atoms with Crippen LogP contribution in [0.4, 0.5) is 5.69 Å². The molecule has 0 aliphatic rings. The lowest BCUT2D eigenvalue weighted by atomic mass is 10.3. The zero-order chi connectivity index (χ0) is 10.6. The van der Waals surface area contributed by atoms with Crippen molar-refractivity contribution in [3.63, 3.8) is 0 Å². The van der Waals surface area contributed by atoms with E-state index in [-0.39, 0.29) is 12.5 Å². The molecule has 0 aliphatic heterocycles. The summed E-state index contributed by atoms with van der Waals surface area (Å²) in [5.74, 6) is -0.0796. The topological polar surface area (TPSA) is 41.1 Å². The first-order chi connectivity index (χ1) is 6.63. The molecule has 0 aromatic heterocycles. The van der Waals surface area contributed by atoms with Crippen LogP contribution in [0.3, 0.4) is 0 Å². The van der Waals surface area contributed by atoms with Crippen molar-refractivity contribution in [2.75, 3.05) is 18.9 Å². The molecular weight excluding hydrogens is 267 g/mol. The number of anilines is 1. The van der Waals surface area contributed by atoms with Crippen LogP contribution >= 0.6 is 27.5 Å². The molecule has 0 bridgehead atoms. The fraction of sp³-hybridized carbons (Fsp3) is 0.222. The molecule has 76 valence electrons. The average Bonchev–Trinajstić information content (AvgIpc) is 2.16. The Morgan fingerprint density at radius 2 is 2.29 bits per heavy atom. The number of likely N-dealkylation sites (N-methyl/N-ethyl adjacent to an activating group) is 1. The van der Waals surface area contributed by atoms with Crippen LogP contribution in [0.5, 0.6) is 0 Å². The van der Waals surface area contributed by atoms with Gasteiger partial charge < -0.3 is 10.6 Å². The van der Waals surface area contributed by atoms with Gasteiger partial charge in [-0.1, -0.05) is 27.5 Å². The quantitative estimate of drug-likeness (QED) is 0.890. The molecule has 0 saturated heterocycles. The van der Waals surface area contributed by atoms with Crippen molar-refractivity contribution in [2.45, 2.75) is 0 Å². The molecule has 0 saturated carbocycles. The van der Waals surface area contributed by atoms with Crippen molar-refractivity contribution < 1.29 is 4.79 Å². The lowest BCUT2D eigenvalue weighted by Crippen LogP contribution is -2.26. The number of nitrogens with one attached hydrogen (secondary N) is 2. The van der Waals surface area contributed by atoms with Gasteiger partial charge >= 0.3 is 0 Å². The Labute approximate surface area is 96.0 Å². The van der Waals surface area contributed by atoms with E-state index < -0.39 is 0 Å². The van der Waals surface area contributed by atoms with E-state index in [1.54, 1.807) is 13.1 Å². The predicted molar refractivity (Wildman–Crippen MR) is 61.7 cm³/mol. The number of carbonyl (C=O) groups excluding carboxylic acids is 1. The van der Waals surface area contributed by atoms with E-state index in [9.17, 15) is 4.79 Å². The maximum atomic E-state index is 10.9. The molecule has 3 nitrogen and oxygen atoms in total. The number of hydrogen-bond donors (Lipinski definition) is 2. The SMILES string of the molecule is CNC(=O)CNc1ccc(Br)cc1Cl. The van der Waals surface area contributed by atoms with Crippen LogP contribution in [0.2, 0.25) is 5.02 Å². The van der Waals surface area contributed by atoms with Gasteiger partial charge in [-0.15, -0.1) is 0 Å². The Kier molecular flexibility index (Phi) is 4.22. The Balaban J connectivity index is 2.63. The summed E-state index contributed by atoms with van der Waals surface area (Å²) in [5, 5.41) is 6.02. The molecule has 1 amide bonds. The lowest BCUT2D eigenvalue weighted by Gasteiger charge is -2.07. The molecular formula is C9H10BrClN2O. The monoisotopic (exact) mass is 276 g/mol. The first kappa shape index (κ1) is 11.3. The second-order valence-corrected chi connectivity index (χ2v) is 3.97. The van der Waals surface area contributed by atoms with Gasteiger partial charge in [0.2, 0.25) is 5.91 Å². The van der Waals surface area contributed by atoms with Crippen LogP contribution in [0.15, 0.2) is 22.7 Å². The van der Waals surface area contributed by atoms with E-state index >= 15 is 0 Å². The zero-order valence-electron chi connectivity index (χ0n) is 7.60. The molecule has 14 heavy (non-hydrogen) atoms. The van der Waals surface area contributed by atoms with Gasteiger partial charge in [0.1, 0.15) is 0 Å². The third-order valence-corrected chi connectivity index (χ3v) is 2.46. The Hall–Kier alpha value is -0.740. The van der Waals surface area contributed by atoms with Gasteiger partial charge in [0.25, 0.3) is 0 Å². The second kappa shape index (κ2) is 5.22. The minimum absolute atomic E-state index is 0.0796. The molecule has 1 aromatic carbocycles. The maximum Gasteiger partial charge on any atom is 0.239 e. The largest absolute Gasteiger partial charge is 0.375 e. The van der Waals surface area contributed by atoms with E-state index in [1.807, 2.05) is 12.1 Å². The van der Waals surface area contributed by atoms with Gasteiger partial charge in [0, 0.05) is 11.5 Å². The Morgan fingerprint density at radius 1 is 1.57 bits per heavy atom. The number of hydrogen-bond acceptors (Lipinski definition) is 2. The molecule has 0 spiro atoms. The summed E-state index contributed by atoms with van der Waals surface area (Å²) in [6.07, 6.45) is 0. The number of benzene rings is 1. The Morgan fingerprint density at radius 3 is 2.86 bits per heavy atom. The molecule has 1 rings (SSSR count). The Bertz CT molecular complexity index is 344. The standard InChI is InChI=1S/C9H10BrClN2O/c1-12-9(14)5-13-8-3-2-6(10)4-7(8)11/h2-4,13H,5H2,1H3,(H,12,14). The molecule has 0 radical (unpaired) electrons. The van der Waals surface area contributed by atoms with E-state index in [0.29, 0.717) is 5.02 Å². The van der Waals surface area contributed by atoms with Crippen molar-refractivity contribution in [1.29, 1.82) is 0 Å². The highest BCUT2D eigenvalue weighted by Crippen LogP contribution is 2.25. The number of halogens is 2. The number of rotatable bonds is 3. The van der Waals surface area contributed by atoms with E-state index in [0.717, 1.165) is 10.2 Å². The van der Waals surface area contributed by atoms with Gasteiger partial charge in [-0.3, -0.25) is 4.79 Å². The predicted octanol–water partition coefficient (Wildman–Crippen LogP) is 2.26. The van der Waals surface area contributed by atoms with Crippen LogP contribution in [0.25, 0.3) is 0 Å². The summed E-state index contributed by atoms with van der Waals surface area (Å²) >= 11 is 9.23. The van der Waals surface area contributed by atoms with E-state index in [1.165, 1.54) is 0 Å². The first-order valence-corrected chi connectivity index (χ1v) is 5.20. The number of amides is 1. The molecule has 5 heteroatoms. The van der Waals surface area contributed by atoms with Gasteiger partial charge in [-0.2, -0.15) is 0 Å². The van der Waals surface area contributed by atoms with Crippen molar-refractivity contribution >= 4 is 39.1 Å². The summed E-state index contributed by atoms with van der Waals surface area (Å²) in [4.78, 5) is 10.9. The number of carbonyl (C=O) groups is 1. The molecule has 1 aromatic rings. The normalized spacial score (nSPS) is 9.64. The fourth-order valence-electron chi connectivity index (χ4n) is 0.897. The average molecular weight is 278 g/mol. The highest BCUT2D eigenvalue weighted by atomic mass is 79.9. The van der Waals surface area contributed by atoms with Crippen LogP contribution in [0.1, 0.15) is 0 Å². The van der Waals surface area contributed by atoms with Gasteiger partial charge in [0.05, 0.1) is 17.3 Å². The fourth-order valence-corrected chi connectivity index (χ4v) is 1.64. The minimum atomic E-state index is -0.0796. The molecule has 0 atom stereocenters. The van der Waals surface area contributed by atoms with Crippen molar-refractivity contribution in [3.05, 3.63) is 27.7 Å². The van der Waals surface area contributed by atoms with Crippen LogP contribution < -0.4 is 10.6 Å². The molecule has 0 fully saturated rings. The molecule has 0 heterocycles. The van der Waals surface area contributed by atoms with Crippen LogP contribution in [-0.2, 0) is 4.79 Å². The minimum Gasteiger partial charge on any atom is -0.375 e. The van der Waals surface area contributed by atoms with E-state index in [4.69, 9.17) is 11.6 Å². The van der Waals surface area contributed by atoms with Gasteiger partial charge in [-0.05, 0) is 18.2 Å².